The number of amides is 2. The lowest BCUT2D eigenvalue weighted by Gasteiger charge is -2.30. The van der Waals surface area contributed by atoms with Crippen molar-refractivity contribution >= 4 is 17.6 Å². The van der Waals surface area contributed by atoms with Gasteiger partial charge in [-0.3, -0.25) is 9.59 Å². The van der Waals surface area contributed by atoms with Crippen molar-refractivity contribution in [2.24, 2.45) is 11.7 Å². The summed E-state index contributed by atoms with van der Waals surface area (Å²) in [6.45, 7) is 6.97. The second-order valence-corrected chi connectivity index (χ2v) is 6.51. The Labute approximate surface area is 124 Å². The Morgan fingerprint density at radius 3 is 2.29 bits per heavy atom. The van der Waals surface area contributed by atoms with Crippen LogP contribution in [-0.2, 0) is 10.3 Å². The van der Waals surface area contributed by atoms with Gasteiger partial charge in [-0.05, 0) is 33.6 Å². The molecule has 7 nitrogen and oxygen atoms in total. The largest absolute Gasteiger partial charge is 0.384 e. The maximum absolute atomic E-state index is 12.4. The van der Waals surface area contributed by atoms with E-state index < -0.39 is 0 Å². The van der Waals surface area contributed by atoms with Crippen LogP contribution in [0.15, 0.2) is 6.07 Å². The number of anilines is 1. The first-order valence-electron chi connectivity index (χ1n) is 7.15. The van der Waals surface area contributed by atoms with E-state index in [2.05, 4.69) is 5.10 Å². The summed E-state index contributed by atoms with van der Waals surface area (Å²) < 4.78 is 1.65. The first-order valence-corrected chi connectivity index (χ1v) is 7.15. The molecule has 0 unspecified atom stereocenters. The van der Waals surface area contributed by atoms with Gasteiger partial charge in [-0.1, -0.05) is 0 Å². The molecule has 7 heteroatoms. The van der Waals surface area contributed by atoms with Crippen molar-refractivity contribution in [3.8, 4) is 0 Å². The smallest absolute Gasteiger partial charge is 0.274 e. The molecule has 1 aromatic rings. The first-order chi connectivity index (χ1) is 9.70. The van der Waals surface area contributed by atoms with Crippen LogP contribution in [0.4, 0.5) is 5.82 Å². The highest BCUT2D eigenvalue weighted by Crippen LogP contribution is 2.22. The Morgan fingerprint density at radius 2 is 1.86 bits per heavy atom. The third kappa shape index (κ3) is 3.17. The van der Waals surface area contributed by atoms with Crippen LogP contribution in [0.3, 0.4) is 0 Å². The fourth-order valence-electron chi connectivity index (χ4n) is 2.57. The fourth-order valence-corrected chi connectivity index (χ4v) is 2.57. The molecule has 0 aliphatic carbocycles. The molecule has 1 aliphatic heterocycles. The highest BCUT2D eigenvalue weighted by Gasteiger charge is 2.29. The van der Waals surface area contributed by atoms with Crippen molar-refractivity contribution in [1.82, 2.24) is 14.7 Å². The minimum atomic E-state index is -0.289. The standard InChI is InChI=1S/C14H23N5O2/c1-14(2,3)19-11(15)8-10(17-19)13(21)18-6-4-9(5-7-18)12(16)20/h8-9H,4-7,15H2,1-3H3,(H2,16,20). The summed E-state index contributed by atoms with van der Waals surface area (Å²) in [4.78, 5) is 25.3. The maximum atomic E-state index is 12.4. The predicted molar refractivity (Wildman–Crippen MR) is 79.5 cm³/mol. The molecule has 2 rings (SSSR count). The lowest BCUT2D eigenvalue weighted by Crippen LogP contribution is -2.42. The van der Waals surface area contributed by atoms with Crippen LogP contribution in [0.2, 0.25) is 0 Å². The summed E-state index contributed by atoms with van der Waals surface area (Å²) in [5.74, 6) is -0.0971. The van der Waals surface area contributed by atoms with Crippen molar-refractivity contribution in [2.75, 3.05) is 18.8 Å². The topological polar surface area (TPSA) is 107 Å². The number of nitrogens with two attached hydrogens (primary N) is 2. The Morgan fingerprint density at radius 1 is 1.29 bits per heavy atom. The third-order valence-electron chi connectivity index (χ3n) is 3.78. The van der Waals surface area contributed by atoms with E-state index in [1.807, 2.05) is 20.8 Å². The molecule has 0 spiro atoms. The monoisotopic (exact) mass is 293 g/mol. The highest BCUT2D eigenvalue weighted by molar-refractivity contribution is 5.93. The van der Waals surface area contributed by atoms with E-state index in [0.717, 1.165) is 0 Å². The third-order valence-corrected chi connectivity index (χ3v) is 3.78. The number of hydrogen-bond donors (Lipinski definition) is 2. The first kappa shape index (κ1) is 15.3. The van der Waals surface area contributed by atoms with Crippen molar-refractivity contribution in [3.63, 3.8) is 0 Å². The van der Waals surface area contributed by atoms with Crippen molar-refractivity contribution in [3.05, 3.63) is 11.8 Å². The SMILES string of the molecule is CC(C)(C)n1nc(C(=O)N2CCC(C(N)=O)CC2)cc1N. The molecule has 116 valence electrons. The molecule has 1 aliphatic rings. The molecule has 1 fully saturated rings. The number of nitrogens with zero attached hydrogens (tertiary/aromatic N) is 3. The zero-order valence-electron chi connectivity index (χ0n) is 12.8. The lowest BCUT2D eigenvalue weighted by atomic mass is 9.96. The number of carbonyl (C=O) groups is 2. The van der Waals surface area contributed by atoms with Gasteiger partial charge in [0.2, 0.25) is 5.91 Å². The van der Waals surface area contributed by atoms with E-state index in [-0.39, 0.29) is 23.3 Å². The fraction of sp³-hybridized carbons (Fsp3) is 0.643. The Kier molecular flexibility index (Phi) is 3.93. The molecule has 0 aromatic carbocycles. The minimum Gasteiger partial charge on any atom is -0.384 e. The maximum Gasteiger partial charge on any atom is 0.274 e. The van der Waals surface area contributed by atoms with E-state index in [4.69, 9.17) is 11.5 Å². The van der Waals surface area contributed by atoms with Crippen LogP contribution in [0.5, 0.6) is 0 Å². The minimum absolute atomic E-state index is 0.133. The number of hydrogen-bond acceptors (Lipinski definition) is 4. The number of likely N-dealkylation sites (tertiary alicyclic amines) is 1. The number of nitrogen functional groups attached to an aromatic ring is 1. The van der Waals surface area contributed by atoms with E-state index in [1.165, 1.54) is 0 Å². The number of primary amides is 1. The second kappa shape index (κ2) is 5.38. The summed E-state index contributed by atoms with van der Waals surface area (Å²) in [7, 11) is 0. The molecule has 0 saturated carbocycles. The summed E-state index contributed by atoms with van der Waals surface area (Å²) in [6, 6.07) is 1.60. The zero-order chi connectivity index (χ0) is 15.8. The van der Waals surface area contributed by atoms with Crippen LogP contribution in [-0.4, -0.2) is 39.6 Å². The molecule has 2 amide bonds. The van der Waals surface area contributed by atoms with Gasteiger partial charge in [-0.2, -0.15) is 5.10 Å². The van der Waals surface area contributed by atoms with Crippen LogP contribution in [0.1, 0.15) is 44.1 Å². The molecule has 4 N–H and O–H groups in total. The van der Waals surface area contributed by atoms with Crippen LogP contribution in [0, 0.1) is 5.92 Å². The van der Waals surface area contributed by atoms with E-state index in [1.54, 1.807) is 15.6 Å². The van der Waals surface area contributed by atoms with Crippen molar-refractivity contribution in [1.29, 1.82) is 0 Å². The Bertz CT molecular complexity index is 550. The van der Waals surface area contributed by atoms with Gasteiger partial charge in [-0.15, -0.1) is 0 Å². The lowest BCUT2D eigenvalue weighted by molar-refractivity contribution is -0.123. The van der Waals surface area contributed by atoms with Gasteiger partial charge in [0.15, 0.2) is 5.69 Å². The van der Waals surface area contributed by atoms with Crippen molar-refractivity contribution < 1.29 is 9.59 Å². The van der Waals surface area contributed by atoms with E-state index >= 15 is 0 Å². The van der Waals surface area contributed by atoms with Crippen LogP contribution in [0.25, 0.3) is 0 Å². The Hall–Kier alpha value is -2.05. The van der Waals surface area contributed by atoms with Crippen molar-refractivity contribution in [2.45, 2.75) is 39.2 Å². The van der Waals surface area contributed by atoms with Crippen LogP contribution < -0.4 is 11.5 Å². The molecule has 0 radical (unpaired) electrons. The summed E-state index contributed by atoms with van der Waals surface area (Å²) in [6.07, 6.45) is 1.22. The van der Waals surface area contributed by atoms with Gasteiger partial charge >= 0.3 is 0 Å². The van der Waals surface area contributed by atoms with Gasteiger partial charge in [-0.25, -0.2) is 4.68 Å². The Balaban J connectivity index is 2.10. The normalized spacial score (nSPS) is 17.0. The molecule has 1 saturated heterocycles. The predicted octanol–water partition coefficient (Wildman–Crippen LogP) is 0.558. The zero-order valence-corrected chi connectivity index (χ0v) is 12.8. The molecule has 21 heavy (non-hydrogen) atoms. The van der Waals surface area contributed by atoms with Gasteiger partial charge < -0.3 is 16.4 Å². The number of rotatable bonds is 2. The van der Waals surface area contributed by atoms with Gasteiger partial charge in [0, 0.05) is 25.1 Å². The summed E-state index contributed by atoms with van der Waals surface area (Å²) in [5, 5.41) is 4.32. The number of aromatic nitrogens is 2. The number of piperidine rings is 1. The quantitative estimate of drug-likeness (QED) is 0.830. The molecule has 0 bridgehead atoms. The average Bonchev–Trinajstić information content (AvgIpc) is 2.80. The van der Waals surface area contributed by atoms with Gasteiger partial charge in [0.05, 0.1) is 5.54 Å². The summed E-state index contributed by atoms with van der Waals surface area (Å²) >= 11 is 0. The second-order valence-electron chi connectivity index (χ2n) is 6.51. The average molecular weight is 293 g/mol. The molecular formula is C14H23N5O2. The summed E-state index contributed by atoms with van der Waals surface area (Å²) in [5.41, 5.74) is 11.3. The molecule has 1 aromatic heterocycles. The van der Waals surface area contributed by atoms with Crippen LogP contribution >= 0.6 is 0 Å². The van der Waals surface area contributed by atoms with E-state index in [9.17, 15) is 9.59 Å². The highest BCUT2D eigenvalue weighted by atomic mass is 16.2. The number of carbonyl (C=O) groups excluding carboxylic acids is 2. The molecular weight excluding hydrogens is 270 g/mol. The molecule has 0 atom stereocenters. The van der Waals surface area contributed by atoms with Gasteiger partial charge in [0.1, 0.15) is 5.82 Å². The van der Waals surface area contributed by atoms with Gasteiger partial charge in [0.25, 0.3) is 5.91 Å². The molecule has 2 heterocycles. The van der Waals surface area contributed by atoms with E-state index in [0.29, 0.717) is 37.4 Å².